The van der Waals surface area contributed by atoms with Crippen LogP contribution >= 0.6 is 23.1 Å². The summed E-state index contributed by atoms with van der Waals surface area (Å²) in [7, 11) is 0. The van der Waals surface area contributed by atoms with Gasteiger partial charge in [0, 0.05) is 10.6 Å². The lowest BCUT2D eigenvalue weighted by Gasteiger charge is -1.98. The lowest BCUT2D eigenvalue weighted by molar-refractivity contribution is 1.13. The van der Waals surface area contributed by atoms with Crippen LogP contribution in [0.2, 0.25) is 0 Å². The van der Waals surface area contributed by atoms with E-state index in [1.807, 2.05) is 12.4 Å². The highest BCUT2D eigenvalue weighted by atomic mass is 32.2. The van der Waals surface area contributed by atoms with Gasteiger partial charge >= 0.3 is 0 Å². The van der Waals surface area contributed by atoms with E-state index in [0.29, 0.717) is 0 Å². The van der Waals surface area contributed by atoms with E-state index in [2.05, 4.69) is 9.98 Å². The molecule has 82 valence electrons. The third kappa shape index (κ3) is 4.30. The number of nitrogens with one attached hydrogen (secondary N) is 1. The Morgan fingerprint density at radius 2 is 2.40 bits per heavy atom. The van der Waals surface area contributed by atoms with Crippen LogP contribution in [0.4, 0.5) is 0 Å². The molecule has 0 saturated carbocycles. The molecule has 0 radical (unpaired) electrons. The second kappa shape index (κ2) is 5.72. The molecule has 0 aliphatic rings. The quantitative estimate of drug-likeness (QED) is 0.543. The molecule has 0 unspecified atom stereocenters. The fraction of sp³-hybridized carbons (Fsp3) is 0.375. The van der Waals surface area contributed by atoms with Gasteiger partial charge in [-0.2, -0.15) is 4.99 Å². The molecule has 5 N–H and O–H groups in total. The van der Waals surface area contributed by atoms with Crippen molar-refractivity contribution in [3.8, 4) is 0 Å². The molecule has 0 aromatic carbocycles. The van der Waals surface area contributed by atoms with Crippen LogP contribution < -0.4 is 11.5 Å². The number of aromatic nitrogens is 1. The number of amidine groups is 1. The van der Waals surface area contributed by atoms with E-state index < -0.39 is 0 Å². The topological polar surface area (TPSA) is 101 Å². The van der Waals surface area contributed by atoms with Crippen LogP contribution in [-0.2, 0) is 6.42 Å². The summed E-state index contributed by atoms with van der Waals surface area (Å²) in [6.07, 6.45) is 0.892. The molecular weight excluding hydrogens is 230 g/mol. The van der Waals surface area contributed by atoms with Crippen molar-refractivity contribution >= 4 is 34.2 Å². The van der Waals surface area contributed by atoms with Gasteiger partial charge in [-0.25, -0.2) is 4.98 Å². The Morgan fingerprint density at radius 3 is 2.93 bits per heavy atom. The van der Waals surface area contributed by atoms with Crippen LogP contribution in [0.15, 0.2) is 10.5 Å². The summed E-state index contributed by atoms with van der Waals surface area (Å²) in [6, 6.07) is 0. The molecule has 1 rings (SSSR count). The third-order valence-corrected chi connectivity index (χ3v) is 3.41. The van der Waals surface area contributed by atoms with Crippen molar-refractivity contribution < 1.29 is 0 Å². The number of guanidine groups is 1. The number of aryl methyl sites for hydroxylation is 2. The first kappa shape index (κ1) is 12.0. The Balaban J connectivity index is 2.31. The van der Waals surface area contributed by atoms with Crippen LogP contribution in [0.25, 0.3) is 0 Å². The fourth-order valence-electron chi connectivity index (χ4n) is 0.956. The molecule has 0 bridgehead atoms. The number of hydrogen-bond acceptors (Lipinski definition) is 4. The molecule has 0 aliphatic carbocycles. The van der Waals surface area contributed by atoms with Crippen LogP contribution in [0, 0.1) is 12.3 Å². The van der Waals surface area contributed by atoms with E-state index in [1.165, 1.54) is 16.6 Å². The normalized spacial score (nSPS) is 9.93. The summed E-state index contributed by atoms with van der Waals surface area (Å²) in [6.45, 7) is 1.98. The fourth-order valence-corrected chi connectivity index (χ4v) is 2.54. The number of thiazole rings is 1. The van der Waals surface area contributed by atoms with Gasteiger partial charge in [-0.05, 0) is 13.3 Å². The van der Waals surface area contributed by atoms with Gasteiger partial charge in [-0.3, -0.25) is 5.41 Å². The van der Waals surface area contributed by atoms with E-state index in [-0.39, 0.29) is 11.1 Å². The van der Waals surface area contributed by atoms with Crippen molar-refractivity contribution in [2.45, 2.75) is 13.3 Å². The van der Waals surface area contributed by atoms with Crippen molar-refractivity contribution in [1.29, 1.82) is 5.41 Å². The molecular formula is C8H13N5S2. The molecule has 0 aliphatic heterocycles. The summed E-state index contributed by atoms with van der Waals surface area (Å²) >= 11 is 2.96. The molecule has 0 amide bonds. The zero-order chi connectivity index (χ0) is 11.3. The van der Waals surface area contributed by atoms with Gasteiger partial charge in [0.15, 0.2) is 11.1 Å². The zero-order valence-electron chi connectivity index (χ0n) is 8.36. The average Bonchev–Trinajstić information content (AvgIpc) is 2.50. The molecule has 5 nitrogen and oxygen atoms in total. The highest BCUT2D eigenvalue weighted by Crippen LogP contribution is 2.15. The maximum absolute atomic E-state index is 7.40. The Bertz CT molecular complexity index is 367. The molecule has 0 saturated heterocycles. The number of rotatable bonds is 3. The summed E-state index contributed by atoms with van der Waals surface area (Å²) in [5.41, 5.74) is 13.2. The van der Waals surface area contributed by atoms with Crippen molar-refractivity contribution in [3.05, 3.63) is 16.1 Å². The van der Waals surface area contributed by atoms with Crippen molar-refractivity contribution in [3.63, 3.8) is 0 Å². The first-order valence-electron chi connectivity index (χ1n) is 4.29. The minimum atomic E-state index is -0.0681. The minimum absolute atomic E-state index is 0.0681. The Labute approximate surface area is 96.5 Å². The summed E-state index contributed by atoms with van der Waals surface area (Å²) in [4.78, 5) is 9.03. The summed E-state index contributed by atoms with van der Waals surface area (Å²) in [5.74, 6) is 0.722. The number of hydrogen-bond donors (Lipinski definition) is 3. The monoisotopic (exact) mass is 243 g/mol. The standard InChI is InChI=1S/C8H13N5S2/c1-5-6(15-4-12-5)2-3-14-8(11)13-7(9)10/h4H,2-3H2,1H3,(H5,9,10,11,13). The van der Waals surface area contributed by atoms with Gasteiger partial charge in [0.25, 0.3) is 0 Å². The summed E-state index contributed by atoms with van der Waals surface area (Å²) < 4.78 is 0. The second-order valence-electron chi connectivity index (χ2n) is 2.80. The van der Waals surface area contributed by atoms with Crippen LogP contribution in [0.5, 0.6) is 0 Å². The van der Waals surface area contributed by atoms with Crippen LogP contribution in [0.1, 0.15) is 10.6 Å². The zero-order valence-corrected chi connectivity index (χ0v) is 9.99. The van der Waals surface area contributed by atoms with Crippen LogP contribution in [-0.4, -0.2) is 21.9 Å². The highest BCUT2D eigenvalue weighted by molar-refractivity contribution is 8.13. The molecule has 0 fully saturated rings. The third-order valence-electron chi connectivity index (χ3n) is 1.64. The second-order valence-corrected chi connectivity index (χ2v) is 4.82. The number of aliphatic imine (C=N–C) groups is 1. The van der Waals surface area contributed by atoms with Gasteiger partial charge < -0.3 is 11.5 Å². The first-order chi connectivity index (χ1) is 7.09. The molecule has 7 heteroatoms. The van der Waals surface area contributed by atoms with Crippen molar-refractivity contribution in [2.75, 3.05) is 5.75 Å². The SMILES string of the molecule is Cc1ncsc1CCSC(=N)N=C(N)N. The molecule has 0 spiro atoms. The largest absolute Gasteiger partial charge is 0.370 e. The molecule has 15 heavy (non-hydrogen) atoms. The van der Waals surface area contributed by atoms with Gasteiger partial charge in [-0.1, -0.05) is 11.8 Å². The predicted octanol–water partition coefficient (Wildman–Crippen LogP) is 0.935. The number of nitrogens with zero attached hydrogens (tertiary/aromatic N) is 2. The Kier molecular flexibility index (Phi) is 4.57. The minimum Gasteiger partial charge on any atom is -0.370 e. The molecule has 1 aromatic heterocycles. The van der Waals surface area contributed by atoms with E-state index >= 15 is 0 Å². The van der Waals surface area contributed by atoms with E-state index in [0.717, 1.165) is 17.9 Å². The van der Waals surface area contributed by atoms with Gasteiger partial charge in [-0.15, -0.1) is 11.3 Å². The summed E-state index contributed by atoms with van der Waals surface area (Å²) in [5, 5.41) is 7.55. The van der Waals surface area contributed by atoms with E-state index in [9.17, 15) is 0 Å². The van der Waals surface area contributed by atoms with Crippen molar-refractivity contribution in [1.82, 2.24) is 4.98 Å². The lowest BCUT2D eigenvalue weighted by Crippen LogP contribution is -2.23. The van der Waals surface area contributed by atoms with Gasteiger partial charge in [0.2, 0.25) is 0 Å². The van der Waals surface area contributed by atoms with Gasteiger partial charge in [0.1, 0.15) is 0 Å². The molecule has 1 heterocycles. The molecule has 0 atom stereocenters. The Hall–Kier alpha value is -1.08. The van der Waals surface area contributed by atoms with Crippen molar-refractivity contribution in [2.24, 2.45) is 16.5 Å². The predicted molar refractivity (Wildman–Crippen MR) is 66.5 cm³/mol. The van der Waals surface area contributed by atoms with E-state index in [1.54, 1.807) is 11.3 Å². The maximum Gasteiger partial charge on any atom is 0.193 e. The lowest BCUT2D eigenvalue weighted by atomic mass is 10.3. The van der Waals surface area contributed by atoms with Gasteiger partial charge in [0.05, 0.1) is 11.2 Å². The average molecular weight is 243 g/mol. The number of nitrogens with two attached hydrogens (primary N) is 2. The number of thioether (sulfide) groups is 1. The Morgan fingerprint density at radius 1 is 1.67 bits per heavy atom. The maximum atomic E-state index is 7.40. The first-order valence-corrected chi connectivity index (χ1v) is 6.16. The van der Waals surface area contributed by atoms with Crippen LogP contribution in [0.3, 0.4) is 0 Å². The van der Waals surface area contributed by atoms with E-state index in [4.69, 9.17) is 16.9 Å². The molecule has 1 aromatic rings. The smallest absolute Gasteiger partial charge is 0.193 e. The highest BCUT2D eigenvalue weighted by Gasteiger charge is 2.02.